The standard InChI is InChI=1S/C17H14N2O4/c1-11(20)13-7-8-14-15(9-13)19(23-10-16(21)22)17(18-14)12-5-3-2-4-6-12/h2-9H,10H2,1H3,(H,21,22). The van der Waals surface area contributed by atoms with Crippen molar-refractivity contribution in [2.24, 2.45) is 0 Å². The molecule has 0 atom stereocenters. The summed E-state index contributed by atoms with van der Waals surface area (Å²) in [6.45, 7) is 0.966. The molecule has 0 aliphatic rings. The van der Waals surface area contributed by atoms with Crippen LogP contribution in [0.4, 0.5) is 0 Å². The summed E-state index contributed by atoms with van der Waals surface area (Å²) in [5.41, 5.74) is 2.48. The summed E-state index contributed by atoms with van der Waals surface area (Å²) in [6, 6.07) is 14.4. The second-order valence-corrected chi connectivity index (χ2v) is 5.02. The van der Waals surface area contributed by atoms with Gasteiger partial charge in [0.2, 0.25) is 6.61 Å². The first kappa shape index (κ1) is 14.8. The van der Waals surface area contributed by atoms with Gasteiger partial charge in [-0.25, -0.2) is 9.78 Å². The minimum atomic E-state index is -1.09. The average molecular weight is 310 g/mol. The van der Waals surface area contributed by atoms with Gasteiger partial charge < -0.3 is 9.94 Å². The second kappa shape index (κ2) is 5.92. The fraction of sp³-hybridized carbons (Fsp3) is 0.118. The number of carbonyl (C=O) groups is 2. The number of carbonyl (C=O) groups excluding carboxylic acids is 1. The van der Waals surface area contributed by atoms with Crippen LogP contribution in [0.3, 0.4) is 0 Å². The molecule has 116 valence electrons. The smallest absolute Gasteiger partial charge is 0.344 e. The fourth-order valence-corrected chi connectivity index (χ4v) is 2.29. The zero-order valence-electron chi connectivity index (χ0n) is 12.4. The monoisotopic (exact) mass is 310 g/mol. The van der Waals surface area contributed by atoms with E-state index in [9.17, 15) is 9.59 Å². The van der Waals surface area contributed by atoms with E-state index in [1.54, 1.807) is 18.2 Å². The molecule has 6 heteroatoms. The van der Waals surface area contributed by atoms with Crippen LogP contribution in [0, 0.1) is 0 Å². The minimum Gasteiger partial charge on any atom is -0.479 e. The molecule has 0 radical (unpaired) electrons. The maximum absolute atomic E-state index is 11.6. The number of aliphatic carboxylic acids is 1. The van der Waals surface area contributed by atoms with Gasteiger partial charge in [-0.15, -0.1) is 0 Å². The van der Waals surface area contributed by atoms with Crippen LogP contribution in [0.25, 0.3) is 22.4 Å². The third kappa shape index (κ3) is 2.91. The van der Waals surface area contributed by atoms with Gasteiger partial charge in [0.15, 0.2) is 11.6 Å². The Labute approximate surface area is 131 Å². The molecule has 1 heterocycles. The van der Waals surface area contributed by atoms with Crippen LogP contribution in [-0.2, 0) is 4.79 Å². The minimum absolute atomic E-state index is 0.0841. The lowest BCUT2D eigenvalue weighted by Crippen LogP contribution is -2.20. The van der Waals surface area contributed by atoms with Gasteiger partial charge in [-0.05, 0) is 25.1 Å². The Kier molecular flexibility index (Phi) is 3.80. The van der Waals surface area contributed by atoms with Crippen LogP contribution < -0.4 is 4.84 Å². The first-order valence-corrected chi connectivity index (χ1v) is 7.00. The topological polar surface area (TPSA) is 81.4 Å². The molecule has 0 aliphatic heterocycles. The summed E-state index contributed by atoms with van der Waals surface area (Å²) >= 11 is 0. The Morgan fingerprint density at radius 2 is 1.91 bits per heavy atom. The molecule has 1 N–H and O–H groups in total. The molecule has 3 aromatic rings. The molecule has 0 fully saturated rings. The highest BCUT2D eigenvalue weighted by Crippen LogP contribution is 2.24. The molecule has 2 aromatic carbocycles. The van der Waals surface area contributed by atoms with Gasteiger partial charge in [-0.1, -0.05) is 30.3 Å². The molecule has 6 nitrogen and oxygen atoms in total. The Morgan fingerprint density at radius 3 is 2.57 bits per heavy atom. The Morgan fingerprint density at radius 1 is 1.17 bits per heavy atom. The van der Waals surface area contributed by atoms with Crippen molar-refractivity contribution in [2.75, 3.05) is 6.61 Å². The first-order valence-electron chi connectivity index (χ1n) is 7.00. The van der Waals surface area contributed by atoms with Crippen molar-refractivity contribution in [3.05, 3.63) is 54.1 Å². The number of aromatic nitrogens is 2. The number of imidazole rings is 1. The fourth-order valence-electron chi connectivity index (χ4n) is 2.29. The van der Waals surface area contributed by atoms with E-state index < -0.39 is 12.6 Å². The summed E-state index contributed by atoms with van der Waals surface area (Å²) in [6.07, 6.45) is 0. The average Bonchev–Trinajstić information content (AvgIpc) is 2.91. The van der Waals surface area contributed by atoms with Crippen LogP contribution in [-0.4, -0.2) is 33.2 Å². The molecule has 0 unspecified atom stereocenters. The molecule has 0 amide bonds. The third-order valence-corrected chi connectivity index (χ3v) is 3.37. The van der Waals surface area contributed by atoms with Crippen molar-refractivity contribution >= 4 is 22.8 Å². The van der Waals surface area contributed by atoms with E-state index in [-0.39, 0.29) is 5.78 Å². The molecule has 0 aliphatic carbocycles. The summed E-state index contributed by atoms with van der Waals surface area (Å²) in [5.74, 6) is -0.685. The summed E-state index contributed by atoms with van der Waals surface area (Å²) in [5, 5.41) is 8.88. The van der Waals surface area contributed by atoms with Crippen molar-refractivity contribution in [3.63, 3.8) is 0 Å². The number of hydrogen-bond donors (Lipinski definition) is 1. The number of benzene rings is 2. The lowest BCUT2D eigenvalue weighted by molar-refractivity contribution is -0.142. The molecule has 0 spiro atoms. The van der Waals surface area contributed by atoms with E-state index in [2.05, 4.69) is 4.98 Å². The number of nitrogens with zero attached hydrogens (tertiary/aromatic N) is 2. The van der Waals surface area contributed by atoms with Crippen LogP contribution >= 0.6 is 0 Å². The molecular weight excluding hydrogens is 296 g/mol. The predicted octanol–water partition coefficient (Wildman–Crippen LogP) is 2.42. The van der Waals surface area contributed by atoms with Crippen molar-refractivity contribution in [3.8, 4) is 11.4 Å². The van der Waals surface area contributed by atoms with Crippen LogP contribution in [0.2, 0.25) is 0 Å². The molecule has 0 saturated heterocycles. The van der Waals surface area contributed by atoms with Gasteiger partial charge in [0, 0.05) is 11.1 Å². The van der Waals surface area contributed by atoms with Crippen LogP contribution in [0.15, 0.2) is 48.5 Å². The number of ketones is 1. The van der Waals surface area contributed by atoms with Gasteiger partial charge in [-0.2, -0.15) is 4.73 Å². The maximum atomic E-state index is 11.6. The van der Waals surface area contributed by atoms with E-state index in [0.29, 0.717) is 22.4 Å². The van der Waals surface area contributed by atoms with Crippen molar-refractivity contribution in [1.82, 2.24) is 9.71 Å². The molecule has 0 bridgehead atoms. The highest BCUT2D eigenvalue weighted by molar-refractivity contribution is 5.97. The summed E-state index contributed by atoms with van der Waals surface area (Å²) < 4.78 is 1.37. The van der Waals surface area contributed by atoms with Gasteiger partial charge in [-0.3, -0.25) is 4.79 Å². The van der Waals surface area contributed by atoms with Gasteiger partial charge in [0.1, 0.15) is 5.52 Å². The first-order chi connectivity index (χ1) is 11.1. The predicted molar refractivity (Wildman–Crippen MR) is 84.3 cm³/mol. The Balaban J connectivity index is 2.20. The second-order valence-electron chi connectivity index (χ2n) is 5.02. The van der Waals surface area contributed by atoms with Gasteiger partial charge in [0.05, 0.1) is 5.52 Å². The number of fused-ring (bicyclic) bond motifs is 1. The number of carboxylic acid groups (broad SMARTS) is 1. The maximum Gasteiger partial charge on any atom is 0.344 e. The zero-order valence-corrected chi connectivity index (χ0v) is 12.4. The summed E-state index contributed by atoms with van der Waals surface area (Å²) in [4.78, 5) is 32.3. The molecular formula is C17H14N2O4. The van der Waals surface area contributed by atoms with Crippen molar-refractivity contribution < 1.29 is 19.5 Å². The van der Waals surface area contributed by atoms with E-state index in [0.717, 1.165) is 5.56 Å². The number of carboxylic acids is 1. The molecule has 1 aromatic heterocycles. The molecule has 23 heavy (non-hydrogen) atoms. The quantitative estimate of drug-likeness (QED) is 0.732. The van der Waals surface area contributed by atoms with E-state index in [1.807, 2.05) is 30.3 Å². The SMILES string of the molecule is CC(=O)c1ccc2nc(-c3ccccc3)n(OCC(=O)O)c2c1. The normalized spacial score (nSPS) is 10.7. The highest BCUT2D eigenvalue weighted by Gasteiger charge is 2.16. The van der Waals surface area contributed by atoms with Crippen molar-refractivity contribution in [1.29, 1.82) is 0 Å². The summed E-state index contributed by atoms with van der Waals surface area (Å²) in [7, 11) is 0. The number of hydrogen-bond acceptors (Lipinski definition) is 4. The Hall–Kier alpha value is -3.15. The number of Topliss-reactive ketones (excluding diaryl/α,β-unsaturated/α-hetero) is 1. The third-order valence-electron chi connectivity index (χ3n) is 3.37. The highest BCUT2D eigenvalue weighted by atomic mass is 16.7. The largest absolute Gasteiger partial charge is 0.479 e. The van der Waals surface area contributed by atoms with Crippen LogP contribution in [0.5, 0.6) is 0 Å². The Bertz CT molecular complexity index is 884. The van der Waals surface area contributed by atoms with Gasteiger partial charge in [0.25, 0.3) is 0 Å². The van der Waals surface area contributed by atoms with Crippen LogP contribution in [0.1, 0.15) is 17.3 Å². The van der Waals surface area contributed by atoms with Crippen molar-refractivity contribution in [2.45, 2.75) is 6.92 Å². The lowest BCUT2D eigenvalue weighted by atomic mass is 10.1. The lowest BCUT2D eigenvalue weighted by Gasteiger charge is -2.09. The zero-order chi connectivity index (χ0) is 16.4. The van der Waals surface area contributed by atoms with E-state index in [1.165, 1.54) is 11.7 Å². The molecule has 3 rings (SSSR count). The van der Waals surface area contributed by atoms with E-state index in [4.69, 9.17) is 9.94 Å². The van der Waals surface area contributed by atoms with E-state index >= 15 is 0 Å². The van der Waals surface area contributed by atoms with Gasteiger partial charge >= 0.3 is 5.97 Å². The molecule has 0 saturated carbocycles. The number of rotatable bonds is 5.